The summed E-state index contributed by atoms with van der Waals surface area (Å²) >= 11 is 0. The van der Waals surface area contributed by atoms with E-state index in [1.165, 1.54) is 34.5 Å². The van der Waals surface area contributed by atoms with Crippen molar-refractivity contribution in [3.63, 3.8) is 0 Å². The van der Waals surface area contributed by atoms with Crippen LogP contribution in [0.2, 0.25) is 0 Å². The van der Waals surface area contributed by atoms with E-state index in [4.69, 9.17) is 9.47 Å². The molecule has 0 saturated heterocycles. The molecule has 0 radical (unpaired) electrons. The molecule has 10 nitrogen and oxygen atoms in total. The van der Waals surface area contributed by atoms with Gasteiger partial charge in [-0.25, -0.2) is 8.42 Å². The Morgan fingerprint density at radius 1 is 1.15 bits per heavy atom. The highest BCUT2D eigenvalue weighted by molar-refractivity contribution is 7.89. The minimum Gasteiger partial charge on any atom is -0.490 e. The smallest absolute Gasteiger partial charge is 0.389 e. The van der Waals surface area contributed by atoms with Crippen molar-refractivity contribution in [3.05, 3.63) is 53.6 Å². The van der Waals surface area contributed by atoms with Crippen LogP contribution in [0.25, 0.3) is 0 Å². The summed E-state index contributed by atoms with van der Waals surface area (Å²) in [4.78, 5) is 28.0. The largest absolute Gasteiger partial charge is 0.490 e. The minimum absolute atomic E-state index is 0.0110. The molecule has 262 valence electrons. The van der Waals surface area contributed by atoms with Gasteiger partial charge in [-0.3, -0.25) is 9.59 Å². The number of fused-ring (bicyclic) bond motifs is 1. The third kappa shape index (κ3) is 11.2. The van der Waals surface area contributed by atoms with Gasteiger partial charge in [-0.15, -0.1) is 0 Å². The van der Waals surface area contributed by atoms with Crippen LogP contribution in [0, 0.1) is 12.8 Å². The Morgan fingerprint density at radius 3 is 2.47 bits per heavy atom. The number of amides is 2. The number of alkyl halides is 3. The maximum absolute atomic E-state index is 14.2. The van der Waals surface area contributed by atoms with E-state index in [-0.39, 0.29) is 47.7 Å². The molecule has 0 fully saturated rings. The van der Waals surface area contributed by atoms with Crippen LogP contribution in [0.3, 0.4) is 0 Å². The maximum atomic E-state index is 14.2. The van der Waals surface area contributed by atoms with Crippen molar-refractivity contribution in [1.82, 2.24) is 9.21 Å². The van der Waals surface area contributed by atoms with Gasteiger partial charge in [0.15, 0.2) is 0 Å². The number of likely N-dealkylation sites (N-methyl/N-ethyl adjacent to an activating group) is 1. The van der Waals surface area contributed by atoms with Gasteiger partial charge in [-0.1, -0.05) is 24.6 Å². The number of ether oxygens (including phenoxy) is 2. The van der Waals surface area contributed by atoms with Crippen molar-refractivity contribution in [2.24, 2.45) is 5.92 Å². The molecule has 4 atom stereocenters. The molecular formula is C33H46F3N3O7S. The molecule has 47 heavy (non-hydrogen) atoms. The Hall–Kier alpha value is -3.20. The molecular weight excluding hydrogens is 639 g/mol. The molecule has 1 heterocycles. The van der Waals surface area contributed by atoms with Gasteiger partial charge in [-0.05, 0) is 70.4 Å². The van der Waals surface area contributed by atoms with Crippen LogP contribution in [0.4, 0.5) is 18.9 Å². The summed E-state index contributed by atoms with van der Waals surface area (Å²) in [7, 11) is -2.36. The lowest BCUT2D eigenvalue weighted by atomic mass is 10.0. The molecule has 3 rings (SSSR count). The number of aliphatic hydroxyl groups excluding tert-OH is 1. The fourth-order valence-corrected chi connectivity index (χ4v) is 6.37. The van der Waals surface area contributed by atoms with Crippen LogP contribution >= 0.6 is 0 Å². The fraction of sp³-hybridized carbons (Fsp3) is 0.576. The quantitative estimate of drug-likeness (QED) is 0.363. The molecule has 1 aliphatic heterocycles. The summed E-state index contributed by atoms with van der Waals surface area (Å²) in [5, 5.41) is 12.6. The van der Waals surface area contributed by atoms with Gasteiger partial charge in [-0.2, -0.15) is 17.5 Å². The van der Waals surface area contributed by atoms with Gasteiger partial charge in [0.2, 0.25) is 15.9 Å². The standard InChI is InChI=1S/C33H46F3N3O7S/c1-22-9-12-27(13-10-22)47(43,44)38(5)20-30-23(2)19-39(24(3)21-40)32(42)28-18-26(37-31(41)15-16-33(34,35)36)11-14-29(28)46-25(4)8-6-7-17-45-30/h9-14,18,23-25,30,40H,6-8,15-17,19-21H2,1-5H3,(H,37,41)/t23-,24-,25-,30+/m0/s1. The van der Waals surface area contributed by atoms with Crippen LogP contribution in [0.5, 0.6) is 5.75 Å². The molecule has 2 aromatic carbocycles. The molecule has 0 spiro atoms. The number of carbonyl (C=O) groups excluding carboxylic acids is 2. The van der Waals surface area contributed by atoms with E-state index in [0.29, 0.717) is 19.4 Å². The van der Waals surface area contributed by atoms with Gasteiger partial charge in [0.25, 0.3) is 5.91 Å². The highest BCUT2D eigenvalue weighted by atomic mass is 32.2. The van der Waals surface area contributed by atoms with Crippen LogP contribution < -0.4 is 10.1 Å². The number of hydrogen-bond acceptors (Lipinski definition) is 7. The summed E-state index contributed by atoms with van der Waals surface area (Å²) in [6.45, 7) is 7.26. The first-order valence-corrected chi connectivity index (χ1v) is 17.2. The van der Waals surface area contributed by atoms with E-state index >= 15 is 0 Å². The minimum atomic E-state index is -4.49. The zero-order valence-corrected chi connectivity index (χ0v) is 28.4. The third-order valence-electron chi connectivity index (χ3n) is 8.14. The Labute approximate surface area is 275 Å². The van der Waals surface area contributed by atoms with Crippen molar-refractivity contribution < 1.29 is 45.8 Å². The number of anilines is 1. The average Bonchev–Trinajstić information content (AvgIpc) is 3.01. The van der Waals surface area contributed by atoms with Gasteiger partial charge in [0.1, 0.15) is 5.75 Å². The number of aliphatic hydroxyl groups is 1. The summed E-state index contributed by atoms with van der Waals surface area (Å²) in [5.41, 5.74) is 1.11. The van der Waals surface area contributed by atoms with Crippen LogP contribution in [-0.4, -0.2) is 92.3 Å². The highest BCUT2D eigenvalue weighted by Crippen LogP contribution is 2.29. The van der Waals surface area contributed by atoms with E-state index in [9.17, 15) is 36.3 Å². The van der Waals surface area contributed by atoms with Crippen molar-refractivity contribution >= 4 is 27.5 Å². The number of hydrogen-bond donors (Lipinski definition) is 2. The second-order valence-corrected chi connectivity index (χ2v) is 14.3. The first-order valence-electron chi connectivity index (χ1n) is 15.8. The zero-order chi connectivity index (χ0) is 34.9. The van der Waals surface area contributed by atoms with E-state index in [1.54, 1.807) is 31.2 Å². The Balaban J connectivity index is 1.94. The number of aryl methyl sites for hydroxylation is 1. The number of rotatable bonds is 9. The molecule has 0 aromatic heterocycles. The highest BCUT2D eigenvalue weighted by Gasteiger charge is 2.33. The Kier molecular flexibility index (Phi) is 13.6. The predicted octanol–water partition coefficient (Wildman–Crippen LogP) is 5.39. The molecule has 2 N–H and O–H groups in total. The normalized spacial score (nSPS) is 21.0. The molecule has 14 heteroatoms. The average molecular weight is 686 g/mol. The number of carbonyl (C=O) groups is 2. The lowest BCUT2D eigenvalue weighted by Gasteiger charge is -2.35. The van der Waals surface area contributed by atoms with Gasteiger partial charge >= 0.3 is 6.18 Å². The number of halogens is 3. The predicted molar refractivity (Wildman–Crippen MR) is 172 cm³/mol. The van der Waals surface area contributed by atoms with Crippen molar-refractivity contribution in [3.8, 4) is 5.75 Å². The van der Waals surface area contributed by atoms with Crippen LogP contribution in [0.15, 0.2) is 47.4 Å². The molecule has 0 bridgehead atoms. The van der Waals surface area contributed by atoms with Crippen LogP contribution in [-0.2, 0) is 19.6 Å². The first kappa shape index (κ1) is 38.2. The third-order valence-corrected chi connectivity index (χ3v) is 9.97. The molecule has 2 amide bonds. The number of nitrogens with one attached hydrogen (secondary N) is 1. The SMILES string of the molecule is Cc1ccc(S(=O)(=O)N(C)C[C@H]2OCCCC[C@H](C)Oc3ccc(NC(=O)CCC(F)(F)F)cc3C(=O)N([C@@H](C)CO)C[C@@H]2C)cc1. The Morgan fingerprint density at radius 2 is 1.83 bits per heavy atom. The summed E-state index contributed by atoms with van der Waals surface area (Å²) in [5.74, 6) is -1.57. The van der Waals surface area contributed by atoms with Gasteiger partial charge in [0, 0.05) is 44.8 Å². The molecule has 0 unspecified atom stereocenters. The second kappa shape index (κ2) is 16.8. The van der Waals surface area contributed by atoms with Crippen molar-refractivity contribution in [2.75, 3.05) is 38.7 Å². The van der Waals surface area contributed by atoms with E-state index in [1.807, 2.05) is 20.8 Å². The van der Waals surface area contributed by atoms with Gasteiger partial charge in [0.05, 0.1) is 41.7 Å². The molecule has 0 aliphatic carbocycles. The lowest BCUT2D eigenvalue weighted by molar-refractivity contribution is -0.142. The lowest BCUT2D eigenvalue weighted by Crippen LogP contribution is -2.48. The molecule has 1 aliphatic rings. The van der Waals surface area contributed by atoms with E-state index < -0.39 is 58.9 Å². The van der Waals surface area contributed by atoms with Crippen molar-refractivity contribution in [2.45, 2.75) is 89.1 Å². The topological polar surface area (TPSA) is 125 Å². The number of nitrogens with zero attached hydrogens (tertiary/aromatic N) is 2. The zero-order valence-electron chi connectivity index (χ0n) is 27.5. The van der Waals surface area contributed by atoms with E-state index in [0.717, 1.165) is 12.0 Å². The van der Waals surface area contributed by atoms with Gasteiger partial charge < -0.3 is 24.8 Å². The second-order valence-electron chi connectivity index (χ2n) is 12.3. The number of benzene rings is 2. The molecule has 2 aromatic rings. The maximum Gasteiger partial charge on any atom is 0.389 e. The fourth-order valence-electron chi connectivity index (χ4n) is 5.18. The monoisotopic (exact) mass is 685 g/mol. The summed E-state index contributed by atoms with van der Waals surface area (Å²) in [6, 6.07) is 10.2. The first-order chi connectivity index (χ1) is 22.0. The summed E-state index contributed by atoms with van der Waals surface area (Å²) in [6.07, 6.45) is -5.46. The van der Waals surface area contributed by atoms with Crippen molar-refractivity contribution in [1.29, 1.82) is 0 Å². The number of sulfonamides is 1. The van der Waals surface area contributed by atoms with Crippen LogP contribution in [0.1, 0.15) is 68.8 Å². The molecule has 0 saturated carbocycles. The Bertz CT molecular complexity index is 1450. The van der Waals surface area contributed by atoms with E-state index in [2.05, 4.69) is 5.32 Å². The summed E-state index contributed by atoms with van der Waals surface area (Å²) < 4.78 is 78.4.